The molecule has 36 heavy (non-hydrogen) atoms. The minimum absolute atomic E-state index is 0.0828. The summed E-state index contributed by atoms with van der Waals surface area (Å²) in [7, 11) is 0. The van der Waals surface area contributed by atoms with Crippen molar-refractivity contribution in [2.75, 3.05) is 43.8 Å². The van der Waals surface area contributed by atoms with E-state index >= 15 is 0 Å². The van der Waals surface area contributed by atoms with Gasteiger partial charge in [0, 0.05) is 60.5 Å². The lowest BCUT2D eigenvalue weighted by molar-refractivity contribution is -0.137. The van der Waals surface area contributed by atoms with Crippen LogP contribution in [0.2, 0.25) is 5.02 Å². The molecule has 6 nitrogen and oxygen atoms in total. The van der Waals surface area contributed by atoms with Gasteiger partial charge in [0.2, 0.25) is 5.91 Å². The monoisotopic (exact) mass is 541 g/mol. The molecular weight excluding hydrogens is 518 g/mol. The number of thioether (sulfide) groups is 1. The maximum atomic E-state index is 14.4. The molecule has 12 heteroatoms. The van der Waals surface area contributed by atoms with Gasteiger partial charge in [0.05, 0.1) is 16.3 Å². The fraction of sp³-hybridized carbons (Fsp3) is 0.333. The van der Waals surface area contributed by atoms with Gasteiger partial charge < -0.3 is 20.9 Å². The van der Waals surface area contributed by atoms with Crippen LogP contribution >= 0.6 is 23.4 Å². The summed E-state index contributed by atoms with van der Waals surface area (Å²) in [4.78, 5) is 15.4. The maximum absolute atomic E-state index is 14.4. The summed E-state index contributed by atoms with van der Waals surface area (Å²) >= 11 is 7.08. The van der Waals surface area contributed by atoms with Crippen molar-refractivity contribution in [1.29, 1.82) is 5.41 Å². The summed E-state index contributed by atoms with van der Waals surface area (Å²) in [6.07, 6.45) is -3.55. The van der Waals surface area contributed by atoms with Gasteiger partial charge in [0.25, 0.3) is 0 Å². The molecule has 2 aliphatic heterocycles. The predicted molar refractivity (Wildman–Crippen MR) is 134 cm³/mol. The summed E-state index contributed by atoms with van der Waals surface area (Å²) in [5, 5.41) is 11.7. The number of alkyl halides is 3. The first-order chi connectivity index (χ1) is 17.0. The van der Waals surface area contributed by atoms with Gasteiger partial charge in [0.15, 0.2) is 0 Å². The number of anilines is 1. The highest BCUT2D eigenvalue weighted by Gasteiger charge is 2.39. The lowest BCUT2D eigenvalue weighted by atomic mass is 9.94. The lowest BCUT2D eigenvalue weighted by Gasteiger charge is -2.36. The number of amides is 1. The first-order valence-corrected chi connectivity index (χ1v) is 12.5. The van der Waals surface area contributed by atoms with Gasteiger partial charge in [-0.25, -0.2) is 4.39 Å². The SMILES string of the molecule is C=CC(=O)N1CCN(C(=N)c2cc(C(F)(F)F)c(-c3ccc(F)c(Cl)c3)c3c2NCC(N)CS3)CC1. The van der Waals surface area contributed by atoms with E-state index in [9.17, 15) is 22.4 Å². The number of fused-ring (bicyclic) bond motifs is 1. The summed E-state index contributed by atoms with van der Waals surface area (Å²) in [6.45, 7) is 4.99. The number of carbonyl (C=O) groups is 1. The Kier molecular flexibility index (Phi) is 7.53. The zero-order valence-electron chi connectivity index (χ0n) is 19.1. The summed E-state index contributed by atoms with van der Waals surface area (Å²) < 4.78 is 57.1. The van der Waals surface area contributed by atoms with Crippen LogP contribution < -0.4 is 11.1 Å². The summed E-state index contributed by atoms with van der Waals surface area (Å²) in [6, 6.07) is 4.09. The third-order valence-corrected chi connectivity index (χ3v) is 7.70. The first-order valence-electron chi connectivity index (χ1n) is 11.1. The van der Waals surface area contributed by atoms with E-state index in [1.165, 1.54) is 18.2 Å². The van der Waals surface area contributed by atoms with Gasteiger partial charge in [-0.15, -0.1) is 11.8 Å². The molecule has 1 atom stereocenters. The van der Waals surface area contributed by atoms with Crippen molar-refractivity contribution in [3.05, 3.63) is 58.9 Å². The molecule has 2 aromatic carbocycles. The van der Waals surface area contributed by atoms with Crippen molar-refractivity contribution in [3.63, 3.8) is 0 Å². The third kappa shape index (κ3) is 5.18. The number of halogens is 5. The number of hydrogen-bond acceptors (Lipinski definition) is 5. The van der Waals surface area contributed by atoms with E-state index < -0.39 is 17.6 Å². The standard InChI is InChI=1S/C24H24ClF4N5OS/c1-2-19(35)33-5-7-34(8-6-33)23(31)15-10-16(24(27,28)29)20(13-3-4-18(26)17(25)9-13)22-21(15)32-11-14(30)12-36-22/h2-4,9-10,14,31-32H,1,5-8,11-12,30H2. The first kappa shape index (κ1) is 26.3. The molecule has 1 fully saturated rings. The van der Waals surface area contributed by atoms with Gasteiger partial charge in [-0.1, -0.05) is 24.2 Å². The summed E-state index contributed by atoms with van der Waals surface area (Å²) in [5.74, 6) is -0.711. The zero-order chi connectivity index (χ0) is 26.2. The van der Waals surface area contributed by atoms with Gasteiger partial charge >= 0.3 is 6.18 Å². The van der Waals surface area contributed by atoms with E-state index in [1.54, 1.807) is 9.80 Å². The highest BCUT2D eigenvalue weighted by Crippen LogP contribution is 2.48. The molecule has 1 saturated heterocycles. The third-order valence-electron chi connectivity index (χ3n) is 6.12. The van der Waals surface area contributed by atoms with Crippen molar-refractivity contribution < 1.29 is 22.4 Å². The largest absolute Gasteiger partial charge is 0.417 e. The molecule has 0 radical (unpaired) electrons. The van der Waals surface area contributed by atoms with E-state index in [0.717, 1.165) is 23.9 Å². The second kappa shape index (κ2) is 10.3. The molecule has 0 aliphatic carbocycles. The number of nitrogens with zero attached hydrogens (tertiary/aromatic N) is 2. The quantitative estimate of drug-likeness (QED) is 0.228. The molecule has 4 N–H and O–H groups in total. The molecule has 2 aliphatic rings. The molecule has 2 aromatic rings. The topological polar surface area (TPSA) is 85.5 Å². The molecule has 1 unspecified atom stereocenters. The molecule has 192 valence electrons. The van der Waals surface area contributed by atoms with Crippen LogP contribution in [0.25, 0.3) is 11.1 Å². The van der Waals surface area contributed by atoms with Crippen molar-refractivity contribution in [2.45, 2.75) is 17.1 Å². The zero-order valence-corrected chi connectivity index (χ0v) is 20.7. The van der Waals surface area contributed by atoms with Crippen molar-refractivity contribution in [3.8, 4) is 11.1 Å². The average Bonchev–Trinajstić information content (AvgIpc) is 3.05. The molecule has 1 amide bonds. The Bertz CT molecular complexity index is 1210. The number of amidine groups is 1. The fourth-order valence-corrected chi connectivity index (χ4v) is 5.64. The number of nitrogens with two attached hydrogens (primary N) is 1. The second-order valence-corrected chi connectivity index (χ2v) is 9.93. The van der Waals surface area contributed by atoms with E-state index in [2.05, 4.69) is 11.9 Å². The van der Waals surface area contributed by atoms with E-state index in [1.807, 2.05) is 0 Å². The van der Waals surface area contributed by atoms with Crippen molar-refractivity contribution >= 4 is 40.8 Å². The smallest absolute Gasteiger partial charge is 0.382 e. The number of carbonyl (C=O) groups excluding carboxylic acids is 1. The highest BCUT2D eigenvalue weighted by molar-refractivity contribution is 7.99. The van der Waals surface area contributed by atoms with Gasteiger partial charge in [-0.2, -0.15) is 13.2 Å². The molecule has 2 heterocycles. The van der Waals surface area contributed by atoms with E-state index in [-0.39, 0.29) is 57.5 Å². The number of rotatable bonds is 3. The van der Waals surface area contributed by atoms with Crippen LogP contribution in [0, 0.1) is 11.2 Å². The Morgan fingerprint density at radius 2 is 1.89 bits per heavy atom. The van der Waals surface area contributed by atoms with Crippen LogP contribution in [0.15, 0.2) is 41.8 Å². The fourth-order valence-electron chi connectivity index (χ4n) is 4.26. The minimum atomic E-state index is -4.76. The van der Waals surface area contributed by atoms with Crippen LogP contribution in [0.1, 0.15) is 11.1 Å². The number of piperazine rings is 1. The average molecular weight is 542 g/mol. The maximum Gasteiger partial charge on any atom is 0.417 e. The van der Waals surface area contributed by atoms with Crippen molar-refractivity contribution in [2.24, 2.45) is 5.73 Å². The van der Waals surface area contributed by atoms with Crippen LogP contribution in [0.4, 0.5) is 23.2 Å². The Hall–Kier alpha value is -2.76. The van der Waals surface area contributed by atoms with E-state index in [4.69, 9.17) is 22.7 Å². The Morgan fingerprint density at radius 3 is 2.50 bits per heavy atom. The Balaban J connectivity index is 1.85. The molecule has 0 spiro atoms. The lowest BCUT2D eigenvalue weighted by Crippen LogP contribution is -2.50. The predicted octanol–water partition coefficient (Wildman–Crippen LogP) is 4.67. The molecule has 4 rings (SSSR count). The Labute approximate surface area is 215 Å². The van der Waals surface area contributed by atoms with E-state index in [0.29, 0.717) is 31.1 Å². The number of nitrogens with one attached hydrogen (secondary N) is 2. The molecule has 0 saturated carbocycles. The molecule has 0 aromatic heterocycles. The van der Waals surface area contributed by atoms with Gasteiger partial charge in [0.1, 0.15) is 11.7 Å². The van der Waals surface area contributed by atoms with Crippen LogP contribution in [0.3, 0.4) is 0 Å². The van der Waals surface area contributed by atoms with Crippen LogP contribution in [0.5, 0.6) is 0 Å². The van der Waals surface area contributed by atoms with Gasteiger partial charge in [-0.05, 0) is 29.8 Å². The second-order valence-electron chi connectivity index (χ2n) is 8.49. The summed E-state index contributed by atoms with van der Waals surface area (Å²) in [5.41, 5.74) is 5.59. The van der Waals surface area contributed by atoms with Gasteiger partial charge in [-0.3, -0.25) is 10.2 Å². The Morgan fingerprint density at radius 1 is 1.22 bits per heavy atom. The number of hydrogen-bond donors (Lipinski definition) is 3. The van der Waals surface area contributed by atoms with Crippen molar-refractivity contribution in [1.82, 2.24) is 9.80 Å². The number of benzene rings is 2. The van der Waals surface area contributed by atoms with Crippen LogP contribution in [-0.4, -0.2) is 66.1 Å². The molecule has 0 bridgehead atoms. The molecular formula is C24H24ClF4N5OS. The minimum Gasteiger partial charge on any atom is -0.382 e. The van der Waals surface area contributed by atoms with Crippen LogP contribution in [-0.2, 0) is 11.0 Å². The highest BCUT2D eigenvalue weighted by atomic mass is 35.5. The normalized spacial score (nSPS) is 18.2.